The van der Waals surface area contributed by atoms with E-state index in [1.807, 2.05) is 0 Å². The molecule has 0 radical (unpaired) electrons. The summed E-state index contributed by atoms with van der Waals surface area (Å²) in [7, 11) is -2.07. The number of hydrogen-bond donors (Lipinski definition) is 0. The summed E-state index contributed by atoms with van der Waals surface area (Å²) in [6.45, 7) is 1.88. The maximum atomic E-state index is 13.9. The van der Waals surface area contributed by atoms with Crippen molar-refractivity contribution in [3.05, 3.63) is 0 Å². The van der Waals surface area contributed by atoms with Crippen LogP contribution < -0.4 is 0 Å². The van der Waals surface area contributed by atoms with Crippen molar-refractivity contribution in [2.75, 3.05) is 14.2 Å². The Bertz CT molecular complexity index is 633. The molecule has 0 amide bonds. The van der Waals surface area contributed by atoms with Gasteiger partial charge in [0.15, 0.2) is 5.79 Å². The van der Waals surface area contributed by atoms with Gasteiger partial charge in [-0.15, -0.1) is 0 Å². The lowest BCUT2D eigenvalue weighted by Crippen LogP contribution is -2.68. The van der Waals surface area contributed by atoms with Crippen molar-refractivity contribution in [2.24, 2.45) is 0 Å². The Kier molecular flexibility index (Phi) is 8.83. The third-order valence-corrected chi connectivity index (χ3v) is 6.23. The van der Waals surface area contributed by atoms with Gasteiger partial charge in [-0.1, -0.05) is 0 Å². The zero-order valence-electron chi connectivity index (χ0n) is 17.0. The van der Waals surface area contributed by atoms with Crippen molar-refractivity contribution in [3.8, 4) is 0 Å². The maximum Gasteiger partial charge on any atom is 0.499 e. The van der Waals surface area contributed by atoms with Crippen LogP contribution in [0.5, 0.6) is 0 Å². The predicted molar refractivity (Wildman–Crippen MR) is 81.9 cm³/mol. The molecule has 0 N–H and O–H groups in total. The van der Waals surface area contributed by atoms with Gasteiger partial charge in [0.1, 0.15) is 0 Å². The van der Waals surface area contributed by atoms with Gasteiger partial charge in [0.05, 0.1) is 0 Å². The van der Waals surface area contributed by atoms with Crippen LogP contribution in [0, 0.1) is 0 Å². The number of rotatable bonds is 12. The van der Waals surface area contributed by atoms with Gasteiger partial charge < -0.3 is 13.3 Å². The molecule has 32 heavy (non-hydrogen) atoms. The zero-order valence-corrected chi connectivity index (χ0v) is 18.0. The molecule has 0 spiro atoms. The average Bonchev–Trinajstić information content (AvgIpc) is 2.57. The first-order chi connectivity index (χ1) is 13.7. The summed E-state index contributed by atoms with van der Waals surface area (Å²) >= 11 is 0. The van der Waals surface area contributed by atoms with E-state index in [-0.39, 0.29) is 0 Å². The summed E-state index contributed by atoms with van der Waals surface area (Å²) in [6.07, 6.45) is -18.0. The quantitative estimate of drug-likeness (QED) is 0.175. The first-order valence-electron chi connectivity index (χ1n) is 8.21. The topological polar surface area (TPSA) is 36.9 Å². The lowest BCUT2D eigenvalue weighted by Gasteiger charge is -2.42. The lowest BCUT2D eigenvalue weighted by atomic mass is 9.94. The third kappa shape index (κ3) is 6.38. The molecule has 0 fully saturated rings. The van der Waals surface area contributed by atoms with Crippen LogP contribution in [0.1, 0.15) is 26.7 Å². The van der Waals surface area contributed by atoms with E-state index in [0.717, 1.165) is 20.8 Å². The fraction of sp³-hybridized carbons (Fsp3) is 1.00. The average molecular weight is 526 g/mol. The van der Waals surface area contributed by atoms with E-state index in [0.29, 0.717) is 13.8 Å². The zero-order chi connectivity index (χ0) is 26.2. The van der Waals surface area contributed by atoms with Gasteiger partial charge in [-0.2, -0.15) is 57.1 Å². The van der Waals surface area contributed by atoms with Crippen molar-refractivity contribution < 1.29 is 75.1 Å². The number of alkyl halides is 13. The Hall–Kier alpha value is -0.853. The Morgan fingerprint density at radius 1 is 0.625 bits per heavy atom. The Labute approximate surface area is 174 Å². The molecule has 0 aromatic carbocycles. The fourth-order valence-electron chi connectivity index (χ4n) is 2.07. The van der Waals surface area contributed by atoms with Crippen LogP contribution in [0.4, 0.5) is 57.1 Å². The summed E-state index contributed by atoms with van der Waals surface area (Å²) in [5.41, 5.74) is 0. The minimum Gasteiger partial charge on any atom is -0.377 e. The third-order valence-electron chi connectivity index (χ3n) is 3.88. The first-order valence-corrected chi connectivity index (χ1v) is 10.4. The van der Waals surface area contributed by atoms with Crippen molar-refractivity contribution in [2.45, 2.75) is 75.0 Å². The van der Waals surface area contributed by atoms with E-state index in [9.17, 15) is 57.1 Å². The molecule has 0 aromatic heterocycles. The minimum atomic E-state index is -7.59. The van der Waals surface area contributed by atoms with Gasteiger partial charge in [-0.25, -0.2) is 0 Å². The lowest BCUT2D eigenvalue weighted by molar-refractivity contribution is -0.470. The monoisotopic (exact) mass is 526 g/mol. The molecular weight excluding hydrogens is 507 g/mol. The molecule has 0 aliphatic rings. The number of halogens is 13. The largest absolute Gasteiger partial charge is 0.499 e. The minimum absolute atomic E-state index is 0.439. The van der Waals surface area contributed by atoms with Crippen molar-refractivity contribution >= 4 is 8.80 Å². The van der Waals surface area contributed by atoms with Crippen LogP contribution in [0.2, 0.25) is 6.55 Å². The fourth-order valence-corrected chi connectivity index (χ4v) is 3.34. The van der Waals surface area contributed by atoms with E-state index in [1.54, 1.807) is 0 Å². The van der Waals surface area contributed by atoms with E-state index in [1.165, 1.54) is 0 Å². The smallest absolute Gasteiger partial charge is 0.377 e. The molecule has 0 saturated carbocycles. The Balaban J connectivity index is 6.05. The summed E-state index contributed by atoms with van der Waals surface area (Å²) in [5, 5.41) is 0. The van der Waals surface area contributed by atoms with E-state index >= 15 is 0 Å². The number of ether oxygens (including phenoxy) is 1. The molecule has 194 valence electrons. The van der Waals surface area contributed by atoms with Crippen LogP contribution in [-0.2, 0) is 18.0 Å². The van der Waals surface area contributed by atoms with E-state index < -0.39 is 63.4 Å². The van der Waals surface area contributed by atoms with Crippen LogP contribution in [0.15, 0.2) is 0 Å². The standard InChI is InChI=1S/C14H19F13O4Si/c1-8(2,31-32(5,28-3)29-4)30-14(26,27)13(24,25)12(22,23)11(20,21)9(15,16)6-7-10(17,18)19/h6-7H2,1-5H3. The molecular formula is C14H19F13O4Si. The van der Waals surface area contributed by atoms with Crippen LogP contribution in [0.25, 0.3) is 0 Å². The van der Waals surface area contributed by atoms with Crippen LogP contribution in [-0.4, -0.2) is 64.8 Å². The normalized spacial score (nSPS) is 15.9. The molecule has 0 atom stereocenters. The second kappa shape index (κ2) is 9.07. The first kappa shape index (κ1) is 31.1. The molecule has 0 aromatic rings. The van der Waals surface area contributed by atoms with Gasteiger partial charge >= 0.3 is 44.8 Å². The van der Waals surface area contributed by atoms with Gasteiger partial charge in [0.25, 0.3) is 0 Å². The SMILES string of the molecule is CO[Si](C)(OC)OC(C)(C)OC(F)(F)C(F)(F)C(F)(F)C(F)(F)C(F)(F)CCC(F)(F)F. The molecule has 18 heteroatoms. The van der Waals surface area contributed by atoms with Crippen LogP contribution in [0.3, 0.4) is 0 Å². The highest BCUT2D eigenvalue weighted by Gasteiger charge is 2.87. The van der Waals surface area contributed by atoms with Crippen LogP contribution >= 0.6 is 0 Å². The molecule has 0 rings (SSSR count). The van der Waals surface area contributed by atoms with E-state index in [4.69, 9.17) is 4.43 Å². The van der Waals surface area contributed by atoms with Gasteiger partial charge in [-0.05, 0) is 13.8 Å². The molecule has 0 aliphatic heterocycles. The maximum absolute atomic E-state index is 13.9. The molecule has 0 heterocycles. The summed E-state index contributed by atoms with van der Waals surface area (Å²) in [6, 6.07) is 0. The second-order valence-corrected chi connectivity index (χ2v) is 9.68. The van der Waals surface area contributed by atoms with E-state index in [2.05, 4.69) is 13.6 Å². The number of hydrogen-bond acceptors (Lipinski definition) is 4. The summed E-state index contributed by atoms with van der Waals surface area (Å²) in [4.78, 5) is 0. The molecule has 0 bridgehead atoms. The highest BCUT2D eigenvalue weighted by molar-refractivity contribution is 6.59. The van der Waals surface area contributed by atoms with Crippen molar-refractivity contribution in [1.82, 2.24) is 0 Å². The predicted octanol–water partition coefficient (Wildman–Crippen LogP) is 6.09. The summed E-state index contributed by atoms with van der Waals surface area (Å²) < 4.78 is 190. The van der Waals surface area contributed by atoms with Gasteiger partial charge in [0.2, 0.25) is 0 Å². The van der Waals surface area contributed by atoms with Gasteiger partial charge in [-0.3, -0.25) is 4.74 Å². The summed E-state index contributed by atoms with van der Waals surface area (Å²) in [5.74, 6) is -31.8. The molecule has 4 nitrogen and oxygen atoms in total. The highest BCUT2D eigenvalue weighted by Crippen LogP contribution is 2.59. The molecule has 0 unspecified atom stereocenters. The van der Waals surface area contributed by atoms with Gasteiger partial charge in [0, 0.05) is 33.6 Å². The van der Waals surface area contributed by atoms with Crippen molar-refractivity contribution in [1.29, 1.82) is 0 Å². The Morgan fingerprint density at radius 3 is 1.38 bits per heavy atom. The highest BCUT2D eigenvalue weighted by atomic mass is 28.4. The Morgan fingerprint density at radius 2 is 1.03 bits per heavy atom. The molecule has 0 aliphatic carbocycles. The second-order valence-electron chi connectivity index (χ2n) is 6.93. The molecule has 0 saturated heterocycles. The van der Waals surface area contributed by atoms with Crippen molar-refractivity contribution in [3.63, 3.8) is 0 Å².